The molecule has 0 fully saturated rings. The Bertz CT molecular complexity index is 576. The molecule has 21 heavy (non-hydrogen) atoms. The summed E-state index contributed by atoms with van der Waals surface area (Å²) >= 11 is 0. The Morgan fingerprint density at radius 3 is 2.24 bits per heavy atom. The summed E-state index contributed by atoms with van der Waals surface area (Å²) in [7, 11) is 3.25. The van der Waals surface area contributed by atoms with Gasteiger partial charge in [0, 0.05) is 17.3 Å². The molecule has 0 aliphatic rings. The number of nitrogen functional groups attached to an aromatic ring is 1. The maximum Gasteiger partial charge on any atom is 0.122 e. The number of hydrogen-bond donors (Lipinski definition) is 2. The molecule has 0 spiro atoms. The van der Waals surface area contributed by atoms with Gasteiger partial charge in [-0.1, -0.05) is 18.2 Å². The summed E-state index contributed by atoms with van der Waals surface area (Å²) in [6, 6.07) is 13.1. The first-order valence-electron chi connectivity index (χ1n) is 6.88. The zero-order chi connectivity index (χ0) is 15.2. The third kappa shape index (κ3) is 3.89. The first kappa shape index (κ1) is 15.2. The van der Waals surface area contributed by atoms with E-state index in [9.17, 15) is 5.11 Å². The Labute approximate surface area is 125 Å². The molecule has 1 atom stereocenters. The molecule has 0 aliphatic heterocycles. The zero-order valence-electron chi connectivity index (χ0n) is 12.4. The molecular weight excluding hydrogens is 266 g/mol. The van der Waals surface area contributed by atoms with Gasteiger partial charge in [0.15, 0.2) is 0 Å². The van der Waals surface area contributed by atoms with Crippen molar-refractivity contribution in [3.63, 3.8) is 0 Å². The van der Waals surface area contributed by atoms with Gasteiger partial charge < -0.3 is 20.3 Å². The van der Waals surface area contributed by atoms with Crippen LogP contribution in [0, 0.1) is 0 Å². The summed E-state index contributed by atoms with van der Waals surface area (Å²) < 4.78 is 10.5. The van der Waals surface area contributed by atoms with Crippen molar-refractivity contribution >= 4 is 5.69 Å². The average molecular weight is 287 g/mol. The van der Waals surface area contributed by atoms with Crippen molar-refractivity contribution in [1.29, 1.82) is 0 Å². The Morgan fingerprint density at radius 2 is 1.67 bits per heavy atom. The molecule has 0 aromatic heterocycles. The molecule has 1 unspecified atom stereocenters. The van der Waals surface area contributed by atoms with Crippen molar-refractivity contribution in [2.45, 2.75) is 18.9 Å². The van der Waals surface area contributed by atoms with Gasteiger partial charge in [-0.15, -0.1) is 0 Å². The monoisotopic (exact) mass is 287 g/mol. The number of anilines is 1. The molecule has 4 nitrogen and oxygen atoms in total. The average Bonchev–Trinajstić information content (AvgIpc) is 2.52. The molecule has 2 rings (SSSR count). The smallest absolute Gasteiger partial charge is 0.122 e. The van der Waals surface area contributed by atoms with Gasteiger partial charge in [-0.25, -0.2) is 0 Å². The van der Waals surface area contributed by atoms with Crippen molar-refractivity contribution in [1.82, 2.24) is 0 Å². The Kier molecular flexibility index (Phi) is 5.06. The largest absolute Gasteiger partial charge is 0.497 e. The molecule has 0 radical (unpaired) electrons. The van der Waals surface area contributed by atoms with Crippen LogP contribution >= 0.6 is 0 Å². The first-order chi connectivity index (χ1) is 10.1. The highest BCUT2D eigenvalue weighted by molar-refractivity contribution is 5.47. The number of hydrogen-bond acceptors (Lipinski definition) is 4. The quantitative estimate of drug-likeness (QED) is 0.802. The highest BCUT2D eigenvalue weighted by atomic mass is 16.5. The Hall–Kier alpha value is -2.20. The van der Waals surface area contributed by atoms with Gasteiger partial charge in [-0.2, -0.15) is 0 Å². The van der Waals surface area contributed by atoms with Gasteiger partial charge in [0.05, 0.1) is 20.3 Å². The van der Waals surface area contributed by atoms with Crippen molar-refractivity contribution in [2.24, 2.45) is 0 Å². The lowest BCUT2D eigenvalue weighted by Crippen LogP contribution is -2.03. The van der Waals surface area contributed by atoms with Gasteiger partial charge in [0.25, 0.3) is 0 Å². The highest BCUT2D eigenvalue weighted by Crippen LogP contribution is 2.27. The zero-order valence-corrected chi connectivity index (χ0v) is 12.4. The minimum absolute atomic E-state index is 0.580. The number of methoxy groups -OCH3 is 2. The molecule has 0 saturated heterocycles. The molecular formula is C17H21NO3. The maximum atomic E-state index is 10.3. The summed E-state index contributed by atoms with van der Waals surface area (Å²) in [5.41, 5.74) is 8.33. The lowest BCUT2D eigenvalue weighted by atomic mass is 10.00. The van der Waals surface area contributed by atoms with Crippen LogP contribution in [0.25, 0.3) is 0 Å². The van der Waals surface area contributed by atoms with E-state index in [-0.39, 0.29) is 0 Å². The summed E-state index contributed by atoms with van der Waals surface area (Å²) in [5, 5.41) is 10.3. The summed E-state index contributed by atoms with van der Waals surface area (Å²) in [6.07, 6.45) is 0.719. The number of aliphatic hydroxyl groups excluding tert-OH is 1. The van der Waals surface area contributed by atoms with Crippen LogP contribution in [0.1, 0.15) is 23.7 Å². The van der Waals surface area contributed by atoms with E-state index in [1.165, 1.54) is 0 Å². The first-order valence-corrected chi connectivity index (χ1v) is 6.88. The lowest BCUT2D eigenvalue weighted by molar-refractivity contribution is 0.168. The second-order valence-corrected chi connectivity index (χ2v) is 4.90. The number of benzene rings is 2. The number of aryl methyl sites for hydroxylation is 1. The van der Waals surface area contributed by atoms with E-state index >= 15 is 0 Å². The Morgan fingerprint density at radius 1 is 1.05 bits per heavy atom. The third-order valence-corrected chi connectivity index (χ3v) is 3.47. The summed E-state index contributed by atoms with van der Waals surface area (Å²) in [5.74, 6) is 1.50. The molecule has 4 heteroatoms. The van der Waals surface area contributed by atoms with Gasteiger partial charge in [0.2, 0.25) is 0 Å². The molecule has 2 aromatic rings. The van der Waals surface area contributed by atoms with E-state index in [1.807, 2.05) is 36.4 Å². The fraction of sp³-hybridized carbons (Fsp3) is 0.294. The van der Waals surface area contributed by atoms with Crippen molar-refractivity contribution < 1.29 is 14.6 Å². The van der Waals surface area contributed by atoms with Crippen molar-refractivity contribution in [3.8, 4) is 11.5 Å². The van der Waals surface area contributed by atoms with Gasteiger partial charge >= 0.3 is 0 Å². The topological polar surface area (TPSA) is 64.7 Å². The number of rotatable bonds is 6. The Balaban J connectivity index is 2.07. The standard InChI is InChI=1S/C17H21NO3/c1-20-13-9-12(10-14(11-13)21-2)7-8-17(19)15-5-3-4-6-16(15)18/h3-6,9-11,17,19H,7-8,18H2,1-2H3. The second-order valence-electron chi connectivity index (χ2n) is 4.90. The fourth-order valence-electron chi connectivity index (χ4n) is 2.28. The predicted molar refractivity (Wildman–Crippen MR) is 83.7 cm³/mol. The molecule has 3 N–H and O–H groups in total. The minimum atomic E-state index is -0.580. The minimum Gasteiger partial charge on any atom is -0.497 e. The lowest BCUT2D eigenvalue weighted by Gasteiger charge is -2.14. The molecule has 0 bridgehead atoms. The van der Waals surface area contributed by atoms with Gasteiger partial charge in [0.1, 0.15) is 11.5 Å². The van der Waals surface area contributed by atoms with Gasteiger partial charge in [-0.3, -0.25) is 0 Å². The van der Waals surface area contributed by atoms with E-state index in [1.54, 1.807) is 20.3 Å². The number of ether oxygens (including phenoxy) is 2. The van der Waals surface area contributed by atoms with Crippen LogP contribution in [0.3, 0.4) is 0 Å². The van der Waals surface area contributed by atoms with E-state index < -0.39 is 6.10 Å². The van der Waals surface area contributed by atoms with Crippen molar-refractivity contribution in [2.75, 3.05) is 20.0 Å². The highest BCUT2D eigenvalue weighted by Gasteiger charge is 2.11. The van der Waals surface area contributed by atoms with Crippen LogP contribution in [-0.4, -0.2) is 19.3 Å². The number of aliphatic hydroxyl groups is 1. The fourth-order valence-corrected chi connectivity index (χ4v) is 2.28. The predicted octanol–water partition coefficient (Wildman–Crippen LogP) is 2.95. The second kappa shape index (κ2) is 6.99. The summed E-state index contributed by atoms with van der Waals surface area (Å²) in [4.78, 5) is 0. The van der Waals surface area contributed by atoms with E-state index in [2.05, 4.69) is 0 Å². The molecule has 0 aliphatic carbocycles. The number of para-hydroxylation sites is 1. The molecule has 0 amide bonds. The van der Waals surface area contributed by atoms with Gasteiger partial charge in [-0.05, 0) is 36.6 Å². The van der Waals surface area contributed by atoms with Crippen LogP contribution < -0.4 is 15.2 Å². The molecule has 0 heterocycles. The maximum absolute atomic E-state index is 10.3. The van der Waals surface area contributed by atoms with Crippen LogP contribution in [0.15, 0.2) is 42.5 Å². The molecule has 2 aromatic carbocycles. The SMILES string of the molecule is COc1cc(CCC(O)c2ccccc2N)cc(OC)c1. The molecule has 112 valence electrons. The normalized spacial score (nSPS) is 12.0. The van der Waals surface area contributed by atoms with Crippen LogP contribution in [-0.2, 0) is 6.42 Å². The summed E-state index contributed by atoms with van der Waals surface area (Å²) in [6.45, 7) is 0. The van der Waals surface area contributed by atoms with E-state index in [0.29, 0.717) is 18.5 Å². The van der Waals surface area contributed by atoms with Crippen LogP contribution in [0.5, 0.6) is 11.5 Å². The molecule has 0 saturated carbocycles. The third-order valence-electron chi connectivity index (χ3n) is 3.47. The van der Waals surface area contributed by atoms with Crippen LogP contribution in [0.2, 0.25) is 0 Å². The van der Waals surface area contributed by atoms with Crippen molar-refractivity contribution in [3.05, 3.63) is 53.6 Å². The van der Waals surface area contributed by atoms with Crippen LogP contribution in [0.4, 0.5) is 5.69 Å². The van der Waals surface area contributed by atoms with E-state index in [4.69, 9.17) is 15.2 Å². The number of nitrogens with two attached hydrogens (primary N) is 1. The van der Waals surface area contributed by atoms with E-state index in [0.717, 1.165) is 22.6 Å².